The van der Waals surface area contributed by atoms with Crippen molar-refractivity contribution in [3.63, 3.8) is 0 Å². The van der Waals surface area contributed by atoms with E-state index in [2.05, 4.69) is 18.7 Å². The summed E-state index contributed by atoms with van der Waals surface area (Å²) in [6.45, 7) is 2.23. The summed E-state index contributed by atoms with van der Waals surface area (Å²) < 4.78 is 0. The van der Waals surface area contributed by atoms with Crippen LogP contribution in [-0.4, -0.2) is 17.4 Å². The van der Waals surface area contributed by atoms with Crippen LogP contribution in [0.5, 0.6) is 0 Å². The third kappa shape index (κ3) is 8.64. The molecular weight excluding hydrogens is 164 g/mol. The largest absolute Gasteiger partial charge is 0.162 e. The van der Waals surface area contributed by atoms with Gasteiger partial charge in [-0.05, 0) is 30.8 Å². The minimum atomic E-state index is 0.832. The van der Waals surface area contributed by atoms with Gasteiger partial charge in [0.1, 0.15) is 0 Å². The molecule has 0 aliphatic rings. The quantitative estimate of drug-likeness (QED) is 0.427. The fourth-order valence-electron chi connectivity index (χ4n) is 0.722. The minimum absolute atomic E-state index is 0.832. The van der Waals surface area contributed by atoms with Crippen LogP contribution in [0.3, 0.4) is 0 Å². The van der Waals surface area contributed by atoms with Crippen molar-refractivity contribution in [1.29, 1.82) is 0 Å². The van der Waals surface area contributed by atoms with E-state index >= 15 is 0 Å². The Bertz CT molecular complexity index is 49.2. The van der Waals surface area contributed by atoms with Gasteiger partial charge >= 0.3 is 0 Å². The lowest BCUT2D eigenvalue weighted by molar-refractivity contribution is 0.782. The van der Waals surface area contributed by atoms with Crippen LogP contribution in [0.4, 0.5) is 0 Å². The lowest BCUT2D eigenvalue weighted by atomic mass is 10.3. The van der Waals surface area contributed by atoms with Crippen molar-refractivity contribution in [3.05, 3.63) is 0 Å². The molecule has 0 aromatic heterocycles. The second-order valence-corrected chi connectivity index (χ2v) is 3.96. The third-order valence-corrected chi connectivity index (χ3v) is 2.81. The highest BCUT2D eigenvalue weighted by Gasteiger charge is 1.88. The van der Waals surface area contributed by atoms with Gasteiger partial charge in [-0.3, -0.25) is 0 Å². The van der Waals surface area contributed by atoms with Crippen LogP contribution in [-0.2, 0) is 0 Å². The normalized spacial score (nSPS) is 10.2. The maximum atomic E-state index is 5.53. The number of rotatable bonds is 7. The van der Waals surface area contributed by atoms with E-state index in [9.17, 15) is 0 Å². The number of hydrogen-bond donors (Lipinski definition) is 0. The van der Waals surface area contributed by atoms with Crippen LogP contribution in [0, 0.1) is 0 Å². The first-order valence-corrected chi connectivity index (χ1v) is 5.74. The van der Waals surface area contributed by atoms with Gasteiger partial charge in [-0.1, -0.05) is 13.3 Å². The smallest absolute Gasteiger partial charge is 0.0223 e. The van der Waals surface area contributed by atoms with Gasteiger partial charge in [0.25, 0.3) is 0 Å². The maximum absolute atomic E-state index is 5.53. The lowest BCUT2D eigenvalue weighted by Gasteiger charge is -1.97. The minimum Gasteiger partial charge on any atom is -0.162 e. The molecule has 0 atom stereocenters. The second-order valence-electron chi connectivity index (χ2n) is 2.36. The highest BCUT2D eigenvalue weighted by atomic mass is 35.5. The fraction of sp³-hybridized carbons (Fsp3) is 1.00. The average Bonchev–Trinajstić information content (AvgIpc) is 1.97. The van der Waals surface area contributed by atoms with Crippen molar-refractivity contribution in [3.8, 4) is 0 Å². The maximum Gasteiger partial charge on any atom is 0.0223 e. The SMILES string of the molecule is CCCSCCCCCCl. The highest BCUT2D eigenvalue weighted by Crippen LogP contribution is 2.07. The summed E-state index contributed by atoms with van der Waals surface area (Å²) in [5.74, 6) is 3.48. The predicted octanol–water partition coefficient (Wildman–Crippen LogP) is 3.54. The van der Waals surface area contributed by atoms with Crippen LogP contribution < -0.4 is 0 Å². The standard InChI is InChI=1S/C8H17ClS/c1-2-7-10-8-5-3-4-6-9/h2-8H2,1H3. The molecule has 0 nitrogen and oxygen atoms in total. The van der Waals surface area contributed by atoms with E-state index in [0.29, 0.717) is 0 Å². The number of hydrogen-bond acceptors (Lipinski definition) is 1. The Morgan fingerprint density at radius 1 is 1.10 bits per heavy atom. The first-order chi connectivity index (χ1) is 4.91. The predicted molar refractivity (Wildman–Crippen MR) is 52.2 cm³/mol. The Labute approximate surface area is 73.7 Å². The van der Waals surface area contributed by atoms with E-state index in [-0.39, 0.29) is 0 Å². The summed E-state index contributed by atoms with van der Waals surface area (Å²) in [6.07, 6.45) is 5.14. The Hall–Kier alpha value is 0.640. The monoisotopic (exact) mass is 180 g/mol. The second kappa shape index (κ2) is 9.64. The zero-order valence-corrected chi connectivity index (χ0v) is 8.31. The van der Waals surface area contributed by atoms with Crippen molar-refractivity contribution in [2.24, 2.45) is 0 Å². The van der Waals surface area contributed by atoms with E-state index in [1.54, 1.807) is 0 Å². The van der Waals surface area contributed by atoms with Gasteiger partial charge in [0, 0.05) is 5.88 Å². The lowest BCUT2D eigenvalue weighted by Crippen LogP contribution is -1.83. The molecule has 0 bridgehead atoms. The first kappa shape index (κ1) is 10.6. The van der Waals surface area contributed by atoms with Crippen molar-refractivity contribution >= 4 is 23.4 Å². The number of alkyl halides is 1. The van der Waals surface area contributed by atoms with Gasteiger partial charge in [-0.2, -0.15) is 11.8 Å². The molecule has 0 N–H and O–H groups in total. The van der Waals surface area contributed by atoms with Crippen LogP contribution in [0.2, 0.25) is 0 Å². The van der Waals surface area contributed by atoms with Gasteiger partial charge in [0.05, 0.1) is 0 Å². The molecule has 0 aliphatic carbocycles. The van der Waals surface area contributed by atoms with Crippen LogP contribution in [0.15, 0.2) is 0 Å². The van der Waals surface area contributed by atoms with E-state index < -0.39 is 0 Å². The summed E-state index contributed by atoms with van der Waals surface area (Å²) >= 11 is 7.60. The van der Waals surface area contributed by atoms with Gasteiger partial charge in [0.2, 0.25) is 0 Å². The molecule has 0 amide bonds. The molecule has 0 unspecified atom stereocenters. The molecule has 0 aromatic rings. The van der Waals surface area contributed by atoms with Crippen molar-refractivity contribution in [2.45, 2.75) is 32.6 Å². The summed E-state index contributed by atoms with van der Waals surface area (Å²) in [4.78, 5) is 0. The molecule has 0 aromatic carbocycles. The molecule has 10 heavy (non-hydrogen) atoms. The number of halogens is 1. The topological polar surface area (TPSA) is 0 Å². The molecule has 0 radical (unpaired) electrons. The molecule has 0 saturated heterocycles. The fourth-order valence-corrected chi connectivity index (χ4v) is 1.81. The van der Waals surface area contributed by atoms with E-state index in [1.165, 1.54) is 37.2 Å². The van der Waals surface area contributed by atoms with Gasteiger partial charge in [-0.25, -0.2) is 0 Å². The summed E-state index contributed by atoms with van der Waals surface area (Å²) in [6, 6.07) is 0. The average molecular weight is 181 g/mol. The summed E-state index contributed by atoms with van der Waals surface area (Å²) in [5.41, 5.74) is 0. The molecule has 0 aliphatic heterocycles. The molecule has 0 spiro atoms. The van der Waals surface area contributed by atoms with Gasteiger partial charge in [0.15, 0.2) is 0 Å². The molecule has 0 rings (SSSR count). The highest BCUT2D eigenvalue weighted by molar-refractivity contribution is 7.99. The van der Waals surface area contributed by atoms with Gasteiger partial charge in [-0.15, -0.1) is 11.6 Å². The summed E-state index contributed by atoms with van der Waals surface area (Å²) in [5, 5.41) is 0. The Morgan fingerprint density at radius 3 is 2.50 bits per heavy atom. The molecular formula is C8H17ClS. The van der Waals surface area contributed by atoms with E-state index in [4.69, 9.17) is 11.6 Å². The van der Waals surface area contributed by atoms with Crippen LogP contribution in [0.25, 0.3) is 0 Å². The third-order valence-electron chi connectivity index (χ3n) is 1.27. The Morgan fingerprint density at radius 2 is 1.90 bits per heavy atom. The Kier molecular flexibility index (Phi) is 10.3. The zero-order valence-electron chi connectivity index (χ0n) is 6.74. The van der Waals surface area contributed by atoms with Crippen LogP contribution in [0.1, 0.15) is 32.6 Å². The van der Waals surface area contributed by atoms with E-state index in [0.717, 1.165) is 5.88 Å². The molecule has 0 heterocycles. The Balaban J connectivity index is 2.65. The molecule has 0 fully saturated rings. The molecule has 62 valence electrons. The zero-order chi connectivity index (χ0) is 7.66. The van der Waals surface area contributed by atoms with E-state index in [1.807, 2.05) is 0 Å². The number of unbranched alkanes of at least 4 members (excludes halogenated alkanes) is 2. The molecule has 0 saturated carbocycles. The number of thioether (sulfide) groups is 1. The van der Waals surface area contributed by atoms with Crippen molar-refractivity contribution < 1.29 is 0 Å². The van der Waals surface area contributed by atoms with Crippen molar-refractivity contribution in [1.82, 2.24) is 0 Å². The van der Waals surface area contributed by atoms with Crippen molar-refractivity contribution in [2.75, 3.05) is 17.4 Å². The summed E-state index contributed by atoms with van der Waals surface area (Å²) in [7, 11) is 0. The molecule has 2 heteroatoms. The van der Waals surface area contributed by atoms with Gasteiger partial charge < -0.3 is 0 Å². The first-order valence-electron chi connectivity index (χ1n) is 4.05. The van der Waals surface area contributed by atoms with Crippen LogP contribution >= 0.6 is 23.4 Å².